The lowest BCUT2D eigenvalue weighted by atomic mass is 9.84. The summed E-state index contributed by atoms with van der Waals surface area (Å²) in [5.74, 6) is 0.150. The fourth-order valence-electron chi connectivity index (χ4n) is 3.22. The van der Waals surface area contributed by atoms with Gasteiger partial charge in [0.15, 0.2) is 17.1 Å². The van der Waals surface area contributed by atoms with Gasteiger partial charge >= 0.3 is 0 Å². The highest BCUT2D eigenvalue weighted by Crippen LogP contribution is 2.32. The van der Waals surface area contributed by atoms with E-state index in [9.17, 15) is 9.59 Å². The van der Waals surface area contributed by atoms with Gasteiger partial charge in [0.25, 0.3) is 0 Å². The van der Waals surface area contributed by atoms with Gasteiger partial charge in [-0.05, 0) is 24.3 Å². The number of benzene rings is 3. The van der Waals surface area contributed by atoms with E-state index in [4.69, 9.17) is 4.42 Å². The molecule has 0 aliphatic heterocycles. The lowest BCUT2D eigenvalue weighted by Gasteiger charge is -2.16. The second kappa shape index (κ2) is 4.98. The van der Waals surface area contributed by atoms with Crippen LogP contribution in [0, 0.1) is 0 Å². The van der Waals surface area contributed by atoms with Crippen LogP contribution in [0.3, 0.4) is 0 Å². The highest BCUT2D eigenvalue weighted by Gasteiger charge is 2.30. The highest BCUT2D eigenvalue weighted by atomic mass is 16.3. The minimum absolute atomic E-state index is 0.156. The Labute approximate surface area is 142 Å². The van der Waals surface area contributed by atoms with E-state index >= 15 is 0 Å². The van der Waals surface area contributed by atoms with Gasteiger partial charge in [-0.2, -0.15) is 0 Å². The fourth-order valence-corrected chi connectivity index (χ4v) is 3.22. The van der Waals surface area contributed by atoms with Crippen molar-refractivity contribution in [1.29, 1.82) is 0 Å². The van der Waals surface area contributed by atoms with Gasteiger partial charge in [-0.3, -0.25) is 9.59 Å². The fraction of sp³-hybridized carbons (Fsp3) is 0. The lowest BCUT2D eigenvalue weighted by molar-refractivity contribution is 0.0979. The van der Waals surface area contributed by atoms with E-state index in [1.165, 1.54) is 0 Å². The van der Waals surface area contributed by atoms with Crippen LogP contribution in [0.1, 0.15) is 31.8 Å². The van der Waals surface area contributed by atoms with E-state index < -0.39 is 0 Å². The summed E-state index contributed by atoms with van der Waals surface area (Å²) >= 11 is 0. The standard InChI is InChI=1S/C21H11NO3/c23-19-13-8-4-5-9-14(13)20(24)16-11-18-17(10-15(16)19)22-21(25-18)12-6-2-1-3-7-12/h1-11H. The van der Waals surface area contributed by atoms with E-state index in [2.05, 4.69) is 4.98 Å². The molecule has 4 aromatic rings. The SMILES string of the molecule is O=C1c2ccccc2C(=O)c2cc3oc(-c4ccccc4)nc3cc21. The summed E-state index contributed by atoms with van der Waals surface area (Å²) < 4.78 is 5.82. The quantitative estimate of drug-likeness (QED) is 0.462. The number of rotatable bonds is 1. The van der Waals surface area contributed by atoms with Crippen LogP contribution < -0.4 is 0 Å². The predicted octanol–water partition coefficient (Wildman–Crippen LogP) is 4.27. The Morgan fingerprint density at radius 2 is 1.28 bits per heavy atom. The number of carbonyl (C=O) groups is 2. The zero-order chi connectivity index (χ0) is 17.0. The maximum Gasteiger partial charge on any atom is 0.227 e. The number of oxazole rings is 1. The molecular weight excluding hydrogens is 314 g/mol. The van der Waals surface area contributed by atoms with Crippen LogP contribution in [0.4, 0.5) is 0 Å². The van der Waals surface area contributed by atoms with E-state index in [0.717, 1.165) is 5.56 Å². The highest BCUT2D eigenvalue weighted by molar-refractivity contribution is 6.29. The molecule has 5 rings (SSSR count). The van der Waals surface area contributed by atoms with Gasteiger partial charge < -0.3 is 4.42 Å². The second-order valence-corrected chi connectivity index (χ2v) is 5.95. The normalized spacial score (nSPS) is 13.0. The minimum Gasteiger partial charge on any atom is -0.436 e. The van der Waals surface area contributed by atoms with Crippen LogP contribution in [-0.4, -0.2) is 16.6 Å². The summed E-state index contributed by atoms with van der Waals surface area (Å²) in [6.45, 7) is 0. The lowest BCUT2D eigenvalue weighted by Crippen LogP contribution is -2.20. The molecule has 0 atom stereocenters. The molecule has 25 heavy (non-hydrogen) atoms. The molecule has 0 amide bonds. The smallest absolute Gasteiger partial charge is 0.227 e. The van der Waals surface area contributed by atoms with Crippen molar-refractivity contribution < 1.29 is 14.0 Å². The Balaban J connectivity index is 1.73. The summed E-state index contributed by atoms with van der Waals surface area (Å²) in [5.41, 5.74) is 3.53. The Morgan fingerprint density at radius 3 is 1.96 bits per heavy atom. The topological polar surface area (TPSA) is 60.2 Å². The molecule has 0 radical (unpaired) electrons. The van der Waals surface area contributed by atoms with E-state index in [0.29, 0.717) is 39.2 Å². The first-order chi connectivity index (χ1) is 12.2. The Bertz CT molecular complexity index is 1100. The average Bonchev–Trinajstić information content (AvgIpc) is 3.09. The van der Waals surface area contributed by atoms with Gasteiger partial charge in [-0.25, -0.2) is 4.98 Å². The van der Waals surface area contributed by atoms with Crippen LogP contribution in [0.25, 0.3) is 22.6 Å². The molecule has 0 fully saturated rings. The van der Waals surface area contributed by atoms with Crippen LogP contribution in [0.5, 0.6) is 0 Å². The summed E-state index contributed by atoms with van der Waals surface area (Å²) in [5, 5.41) is 0. The molecule has 0 unspecified atom stereocenters. The zero-order valence-electron chi connectivity index (χ0n) is 13.0. The number of hydrogen-bond donors (Lipinski definition) is 0. The molecule has 1 aliphatic carbocycles. The van der Waals surface area contributed by atoms with Crippen molar-refractivity contribution in [3.63, 3.8) is 0 Å². The summed E-state index contributed by atoms with van der Waals surface area (Å²) in [7, 11) is 0. The molecule has 4 nitrogen and oxygen atoms in total. The molecule has 0 saturated carbocycles. The van der Waals surface area contributed by atoms with Crippen molar-refractivity contribution >= 4 is 22.7 Å². The van der Waals surface area contributed by atoms with Crippen molar-refractivity contribution in [3.05, 3.63) is 89.0 Å². The van der Waals surface area contributed by atoms with Gasteiger partial charge in [-0.1, -0.05) is 42.5 Å². The number of ketones is 2. The molecule has 0 saturated heterocycles. The molecule has 0 bridgehead atoms. The number of nitrogens with zero attached hydrogens (tertiary/aromatic N) is 1. The van der Waals surface area contributed by atoms with Gasteiger partial charge in [0, 0.05) is 27.8 Å². The van der Waals surface area contributed by atoms with Crippen LogP contribution >= 0.6 is 0 Å². The van der Waals surface area contributed by atoms with Crippen LogP contribution in [0.2, 0.25) is 0 Å². The second-order valence-electron chi connectivity index (χ2n) is 5.95. The predicted molar refractivity (Wildman–Crippen MR) is 92.8 cm³/mol. The van der Waals surface area contributed by atoms with Gasteiger partial charge in [0.2, 0.25) is 5.89 Å². The summed E-state index contributed by atoms with van der Waals surface area (Å²) in [4.78, 5) is 30.0. The van der Waals surface area contributed by atoms with E-state index in [1.54, 1.807) is 36.4 Å². The minimum atomic E-state index is -0.162. The third kappa shape index (κ3) is 1.97. The van der Waals surface area contributed by atoms with Crippen molar-refractivity contribution in [1.82, 2.24) is 4.98 Å². The van der Waals surface area contributed by atoms with Crippen LogP contribution in [-0.2, 0) is 0 Å². The van der Waals surface area contributed by atoms with Crippen molar-refractivity contribution in [3.8, 4) is 11.5 Å². The van der Waals surface area contributed by atoms with Gasteiger partial charge in [0.1, 0.15) is 5.52 Å². The number of aromatic nitrogens is 1. The van der Waals surface area contributed by atoms with Gasteiger partial charge in [-0.15, -0.1) is 0 Å². The first-order valence-electron chi connectivity index (χ1n) is 7.91. The zero-order valence-corrected chi connectivity index (χ0v) is 13.0. The van der Waals surface area contributed by atoms with E-state index in [-0.39, 0.29) is 11.6 Å². The van der Waals surface area contributed by atoms with Crippen molar-refractivity contribution in [2.24, 2.45) is 0 Å². The summed E-state index contributed by atoms with van der Waals surface area (Å²) in [6.07, 6.45) is 0. The number of carbonyl (C=O) groups excluding carboxylic acids is 2. The first-order valence-corrected chi connectivity index (χ1v) is 7.91. The molecule has 0 spiro atoms. The largest absolute Gasteiger partial charge is 0.436 e. The third-order valence-electron chi connectivity index (χ3n) is 4.45. The Hall–Kier alpha value is -3.53. The molecule has 0 N–H and O–H groups in total. The number of hydrogen-bond acceptors (Lipinski definition) is 4. The molecule has 3 aromatic carbocycles. The third-order valence-corrected chi connectivity index (χ3v) is 4.45. The maximum atomic E-state index is 12.8. The summed E-state index contributed by atoms with van der Waals surface area (Å²) in [6, 6.07) is 19.7. The molecule has 1 aromatic heterocycles. The van der Waals surface area contributed by atoms with Crippen molar-refractivity contribution in [2.75, 3.05) is 0 Å². The molecule has 1 heterocycles. The molecule has 1 aliphatic rings. The number of fused-ring (bicyclic) bond motifs is 3. The van der Waals surface area contributed by atoms with Crippen LogP contribution in [0.15, 0.2) is 71.1 Å². The monoisotopic (exact) mass is 325 g/mol. The maximum absolute atomic E-state index is 12.8. The van der Waals surface area contributed by atoms with E-state index in [1.807, 2.05) is 30.3 Å². The first kappa shape index (κ1) is 13.9. The molecule has 4 heteroatoms. The Kier molecular flexibility index (Phi) is 2.76. The van der Waals surface area contributed by atoms with Crippen molar-refractivity contribution in [2.45, 2.75) is 0 Å². The van der Waals surface area contributed by atoms with Gasteiger partial charge in [0.05, 0.1) is 0 Å². The average molecular weight is 325 g/mol. The molecular formula is C21H11NO3. The Morgan fingerprint density at radius 1 is 0.680 bits per heavy atom. The molecule has 118 valence electrons.